The van der Waals surface area contributed by atoms with Crippen LogP contribution in [0.5, 0.6) is 0 Å². The van der Waals surface area contributed by atoms with Crippen LogP contribution >= 0.6 is 0 Å². The molecule has 0 aliphatic carbocycles. The van der Waals surface area contributed by atoms with Crippen LogP contribution in [0.4, 0.5) is 10.1 Å². The second kappa shape index (κ2) is 7.38. The average Bonchev–Trinajstić information content (AvgIpc) is 3.02. The van der Waals surface area contributed by atoms with Crippen molar-refractivity contribution in [1.29, 1.82) is 0 Å². The summed E-state index contributed by atoms with van der Waals surface area (Å²) in [6.07, 6.45) is 1.03. The molecule has 4 rings (SSSR count). The Labute approximate surface area is 178 Å². The number of anilines is 1. The fourth-order valence-electron chi connectivity index (χ4n) is 3.66. The van der Waals surface area contributed by atoms with Crippen LogP contribution in [0.2, 0.25) is 0 Å². The molecule has 1 aliphatic heterocycles. The number of hydrogen-bond acceptors (Lipinski definition) is 5. The first-order chi connectivity index (χ1) is 14.6. The van der Waals surface area contributed by atoms with E-state index in [0.717, 1.165) is 10.6 Å². The van der Waals surface area contributed by atoms with Crippen LogP contribution in [-0.4, -0.2) is 52.0 Å². The smallest absolute Gasteiger partial charge is 0.255 e. The van der Waals surface area contributed by atoms with Crippen molar-refractivity contribution in [3.8, 4) is 11.3 Å². The molecule has 8 nitrogen and oxygen atoms in total. The van der Waals surface area contributed by atoms with E-state index in [1.165, 1.54) is 42.3 Å². The van der Waals surface area contributed by atoms with E-state index >= 15 is 0 Å². The fraction of sp³-hybridized carbons (Fsp3) is 0.238. The van der Waals surface area contributed by atoms with Gasteiger partial charge in [0.25, 0.3) is 5.91 Å². The number of hydrogen-bond donors (Lipinski definition) is 1. The highest BCUT2D eigenvalue weighted by Crippen LogP contribution is 2.39. The molecule has 0 fully saturated rings. The zero-order chi connectivity index (χ0) is 22.5. The summed E-state index contributed by atoms with van der Waals surface area (Å²) in [4.78, 5) is 26.5. The third-order valence-electron chi connectivity index (χ3n) is 5.23. The van der Waals surface area contributed by atoms with E-state index in [0.29, 0.717) is 22.2 Å². The summed E-state index contributed by atoms with van der Waals surface area (Å²) < 4.78 is 45.2. The van der Waals surface area contributed by atoms with Gasteiger partial charge >= 0.3 is 0 Å². The van der Waals surface area contributed by atoms with E-state index in [2.05, 4.69) is 5.32 Å². The molecular formula is C21H20FN3O5S. The molecule has 0 saturated heterocycles. The lowest BCUT2D eigenvalue weighted by atomic mass is 10.0. The number of halogens is 1. The third-order valence-corrected chi connectivity index (χ3v) is 6.36. The maximum atomic E-state index is 13.4. The number of amides is 2. The second-order valence-electron chi connectivity index (χ2n) is 7.39. The number of carbonyl (C=O) groups is 2. The quantitative estimate of drug-likeness (QED) is 0.667. The molecule has 162 valence electrons. The predicted molar refractivity (Wildman–Crippen MR) is 114 cm³/mol. The molecular weight excluding hydrogens is 425 g/mol. The van der Waals surface area contributed by atoms with Crippen molar-refractivity contribution in [2.45, 2.75) is 6.54 Å². The van der Waals surface area contributed by atoms with Gasteiger partial charge in [0.15, 0.2) is 0 Å². The number of rotatable bonds is 3. The molecule has 31 heavy (non-hydrogen) atoms. The van der Waals surface area contributed by atoms with Crippen LogP contribution < -0.4 is 9.62 Å². The van der Waals surface area contributed by atoms with Crippen molar-refractivity contribution in [1.82, 2.24) is 10.2 Å². The fourth-order valence-corrected chi connectivity index (χ4v) is 4.53. The Hall–Kier alpha value is -3.40. The minimum atomic E-state index is -3.75. The Morgan fingerprint density at radius 3 is 2.45 bits per heavy atom. The number of likely N-dealkylation sites (N-methyl/N-ethyl adjacent to an activating group) is 1. The van der Waals surface area contributed by atoms with Gasteiger partial charge in [-0.1, -0.05) is 0 Å². The molecule has 0 bridgehead atoms. The molecule has 1 aliphatic rings. The standard InChI is InChI=1S/C21H20FN3O5S/c1-23-21(27)19-15-8-13-10-24(2)18(26)11-25(31(3,28)29)16(13)9-17(15)30-20(19)12-4-6-14(22)7-5-12/h4-9H,10-11H2,1-3H3,(H,23,27). The number of nitrogens with one attached hydrogen (secondary N) is 1. The van der Waals surface area contributed by atoms with E-state index < -0.39 is 21.7 Å². The lowest BCUT2D eigenvalue weighted by Crippen LogP contribution is -2.38. The zero-order valence-corrected chi connectivity index (χ0v) is 17.9. The monoisotopic (exact) mass is 445 g/mol. The Kier molecular flexibility index (Phi) is 4.97. The molecule has 3 aromatic rings. The summed E-state index contributed by atoms with van der Waals surface area (Å²) in [5.41, 5.74) is 1.90. The number of furan rings is 1. The van der Waals surface area contributed by atoms with Gasteiger partial charge in [-0.05, 0) is 35.9 Å². The van der Waals surface area contributed by atoms with Gasteiger partial charge in [0, 0.05) is 37.7 Å². The lowest BCUT2D eigenvalue weighted by molar-refractivity contribution is -0.128. The summed E-state index contributed by atoms with van der Waals surface area (Å²) in [6, 6.07) is 8.71. The van der Waals surface area contributed by atoms with Gasteiger partial charge in [0.2, 0.25) is 15.9 Å². The van der Waals surface area contributed by atoms with Crippen LogP contribution in [0, 0.1) is 5.82 Å². The molecule has 0 saturated carbocycles. The number of nitrogens with zero attached hydrogens (tertiary/aromatic N) is 2. The van der Waals surface area contributed by atoms with Crippen LogP contribution in [0.15, 0.2) is 40.8 Å². The number of carbonyl (C=O) groups excluding carboxylic acids is 2. The van der Waals surface area contributed by atoms with Gasteiger partial charge < -0.3 is 14.6 Å². The predicted octanol–water partition coefficient (Wildman–Crippen LogP) is 2.34. The summed E-state index contributed by atoms with van der Waals surface area (Å²) in [5, 5.41) is 3.04. The van der Waals surface area contributed by atoms with Crippen LogP contribution in [0.3, 0.4) is 0 Å². The Morgan fingerprint density at radius 2 is 1.84 bits per heavy atom. The van der Waals surface area contributed by atoms with Gasteiger partial charge in [-0.2, -0.15) is 0 Å². The topological polar surface area (TPSA) is 99.9 Å². The van der Waals surface area contributed by atoms with Crippen molar-refractivity contribution < 1.29 is 26.8 Å². The molecule has 10 heteroatoms. The van der Waals surface area contributed by atoms with Crippen molar-refractivity contribution in [3.05, 3.63) is 53.3 Å². The Bertz CT molecular complexity index is 1320. The second-order valence-corrected chi connectivity index (χ2v) is 9.30. The highest BCUT2D eigenvalue weighted by molar-refractivity contribution is 7.92. The number of fused-ring (bicyclic) bond motifs is 2. The van der Waals surface area contributed by atoms with Gasteiger partial charge in [-0.3, -0.25) is 13.9 Å². The van der Waals surface area contributed by atoms with E-state index in [9.17, 15) is 22.4 Å². The average molecular weight is 445 g/mol. The first kappa shape index (κ1) is 20.9. The third kappa shape index (κ3) is 3.63. The van der Waals surface area contributed by atoms with Gasteiger partial charge in [-0.25, -0.2) is 12.8 Å². The molecule has 0 radical (unpaired) electrons. The van der Waals surface area contributed by atoms with Crippen LogP contribution in [0.1, 0.15) is 15.9 Å². The first-order valence-corrected chi connectivity index (χ1v) is 11.2. The molecule has 1 N–H and O–H groups in total. The lowest BCUT2D eigenvalue weighted by Gasteiger charge is -2.21. The van der Waals surface area contributed by atoms with E-state index in [-0.39, 0.29) is 35.9 Å². The number of benzene rings is 2. The molecule has 0 spiro atoms. The summed E-state index contributed by atoms with van der Waals surface area (Å²) in [5.74, 6) is -0.942. The zero-order valence-electron chi connectivity index (χ0n) is 17.1. The van der Waals surface area contributed by atoms with E-state index in [1.54, 1.807) is 13.1 Å². The van der Waals surface area contributed by atoms with Gasteiger partial charge in [0.05, 0.1) is 17.5 Å². The van der Waals surface area contributed by atoms with Gasteiger partial charge in [-0.15, -0.1) is 0 Å². The van der Waals surface area contributed by atoms with Gasteiger partial charge in [0.1, 0.15) is 23.7 Å². The molecule has 0 unspecified atom stereocenters. The van der Waals surface area contributed by atoms with E-state index in [4.69, 9.17) is 4.42 Å². The Morgan fingerprint density at radius 1 is 1.16 bits per heavy atom. The van der Waals surface area contributed by atoms with Crippen molar-refractivity contribution in [2.24, 2.45) is 0 Å². The summed E-state index contributed by atoms with van der Waals surface area (Å²) in [6.45, 7) is -0.165. The number of sulfonamides is 1. The summed E-state index contributed by atoms with van der Waals surface area (Å²) >= 11 is 0. The molecule has 2 heterocycles. The van der Waals surface area contributed by atoms with Crippen LogP contribution in [-0.2, 0) is 21.4 Å². The van der Waals surface area contributed by atoms with E-state index in [1.807, 2.05) is 0 Å². The molecule has 2 aromatic carbocycles. The normalized spacial score (nSPS) is 14.5. The van der Waals surface area contributed by atoms with Crippen molar-refractivity contribution >= 4 is 38.5 Å². The molecule has 1 aromatic heterocycles. The van der Waals surface area contributed by atoms with Crippen molar-refractivity contribution in [3.63, 3.8) is 0 Å². The molecule has 0 atom stereocenters. The minimum absolute atomic E-state index is 0.167. The highest BCUT2D eigenvalue weighted by atomic mass is 32.2. The largest absolute Gasteiger partial charge is 0.455 e. The highest BCUT2D eigenvalue weighted by Gasteiger charge is 2.31. The Balaban J connectivity index is 2.02. The van der Waals surface area contributed by atoms with Crippen molar-refractivity contribution in [2.75, 3.05) is 31.2 Å². The maximum absolute atomic E-state index is 13.4. The maximum Gasteiger partial charge on any atom is 0.255 e. The SMILES string of the molecule is CNC(=O)c1c(-c2ccc(F)cc2)oc2cc3c(cc12)CN(C)C(=O)CN3S(C)(=O)=O. The van der Waals surface area contributed by atoms with Crippen LogP contribution in [0.25, 0.3) is 22.3 Å². The summed E-state index contributed by atoms with van der Waals surface area (Å²) in [7, 11) is -0.678. The molecule has 2 amide bonds. The first-order valence-electron chi connectivity index (χ1n) is 9.39. The minimum Gasteiger partial charge on any atom is -0.455 e.